The van der Waals surface area contributed by atoms with Crippen LogP contribution in [0, 0.1) is 0 Å². The summed E-state index contributed by atoms with van der Waals surface area (Å²) in [6.07, 6.45) is -0.295. The van der Waals surface area contributed by atoms with Crippen molar-refractivity contribution in [1.29, 1.82) is 0 Å². The maximum absolute atomic E-state index is 5.19. The second-order valence-corrected chi connectivity index (χ2v) is 14.1. The van der Waals surface area contributed by atoms with Crippen LogP contribution < -0.4 is 10.6 Å². The highest BCUT2D eigenvalue weighted by Gasteiger charge is 2.26. The Labute approximate surface area is 312 Å². The number of amidine groups is 1. The van der Waals surface area contributed by atoms with Crippen LogP contribution in [0.15, 0.2) is 193 Å². The normalized spacial score (nSPS) is 16.0. The minimum absolute atomic E-state index is 0.0793. The van der Waals surface area contributed by atoms with Crippen LogP contribution in [0.25, 0.3) is 65.8 Å². The Hall–Kier alpha value is -6.95. The lowest BCUT2D eigenvalue weighted by atomic mass is 10.0. The molecule has 0 radical (unpaired) electrons. The Morgan fingerprint density at radius 1 is 0.407 bits per heavy atom. The summed E-state index contributed by atoms with van der Waals surface area (Å²) in [6, 6.07) is 67.5. The SMILES string of the molecule is c1ccc(C2=NC(c3ccc4cc(-n5c6ccccc6c6cc7c8ccccc8n(-c8ccccc8)c7cc65)ccc4c3)NC(c3ccccc3)N2)cc1. The summed E-state index contributed by atoms with van der Waals surface area (Å²) in [6.45, 7) is 0. The molecule has 2 atom stereocenters. The first-order valence-electron chi connectivity index (χ1n) is 18.5. The summed E-state index contributed by atoms with van der Waals surface area (Å²) >= 11 is 0. The van der Waals surface area contributed by atoms with E-state index in [0.717, 1.165) is 28.3 Å². The monoisotopic (exact) mass is 693 g/mol. The van der Waals surface area contributed by atoms with Gasteiger partial charge in [0.2, 0.25) is 0 Å². The number of nitrogens with zero attached hydrogens (tertiary/aromatic N) is 3. The van der Waals surface area contributed by atoms with E-state index >= 15 is 0 Å². The van der Waals surface area contributed by atoms with Crippen molar-refractivity contribution in [2.45, 2.75) is 12.3 Å². The molecule has 2 aromatic heterocycles. The number of benzene rings is 8. The third-order valence-electron chi connectivity index (χ3n) is 10.9. The molecule has 0 spiro atoms. The van der Waals surface area contributed by atoms with Crippen molar-refractivity contribution in [2.24, 2.45) is 4.99 Å². The third kappa shape index (κ3) is 4.94. The molecule has 1 aliphatic rings. The zero-order chi connectivity index (χ0) is 35.6. The van der Waals surface area contributed by atoms with Crippen molar-refractivity contribution in [3.8, 4) is 11.4 Å². The van der Waals surface area contributed by atoms with E-state index in [2.05, 4.69) is 202 Å². The molecule has 0 saturated heterocycles. The third-order valence-corrected chi connectivity index (χ3v) is 10.9. The van der Waals surface area contributed by atoms with E-state index in [9.17, 15) is 0 Å². The standard InChI is InChI=1S/C49H35N5/c1-4-14-32(15-5-1)47-50-48(33-16-6-2-7-17-33)52-49(51-47)36-25-24-35-29-38(27-26-34(35)28-36)54-44-23-13-11-21-40(44)42-30-41-39-20-10-12-22-43(39)53(45(41)31-46(42)54)37-18-8-3-9-19-37/h1-31,47,49,51H,(H,50,52). The molecular weight excluding hydrogens is 659 g/mol. The molecule has 3 heterocycles. The summed E-state index contributed by atoms with van der Waals surface area (Å²) in [5.74, 6) is 0.885. The highest BCUT2D eigenvalue weighted by Crippen LogP contribution is 2.40. The van der Waals surface area contributed by atoms with E-state index < -0.39 is 0 Å². The maximum Gasteiger partial charge on any atom is 0.131 e. The van der Waals surface area contributed by atoms with Crippen LogP contribution in [0.5, 0.6) is 0 Å². The Kier molecular flexibility index (Phi) is 7.00. The first-order valence-corrected chi connectivity index (χ1v) is 18.5. The van der Waals surface area contributed by atoms with Crippen molar-refractivity contribution >= 4 is 60.2 Å². The number of para-hydroxylation sites is 3. The summed E-state index contributed by atoms with van der Waals surface area (Å²) in [5.41, 5.74) is 10.5. The molecule has 1 aliphatic heterocycles. The molecule has 5 nitrogen and oxygen atoms in total. The Morgan fingerprint density at radius 2 is 0.981 bits per heavy atom. The molecule has 0 fully saturated rings. The average Bonchev–Trinajstić information content (AvgIpc) is 3.75. The summed E-state index contributed by atoms with van der Waals surface area (Å²) in [5, 5.41) is 14.8. The molecule has 11 rings (SSSR count). The fourth-order valence-corrected chi connectivity index (χ4v) is 8.41. The summed E-state index contributed by atoms with van der Waals surface area (Å²) < 4.78 is 4.83. The molecule has 10 aromatic rings. The van der Waals surface area contributed by atoms with Gasteiger partial charge >= 0.3 is 0 Å². The van der Waals surface area contributed by atoms with Crippen LogP contribution in [-0.4, -0.2) is 15.0 Å². The molecule has 2 unspecified atom stereocenters. The zero-order valence-corrected chi connectivity index (χ0v) is 29.4. The summed E-state index contributed by atoms with van der Waals surface area (Å²) in [7, 11) is 0. The second kappa shape index (κ2) is 12.3. The number of aromatic nitrogens is 2. The van der Waals surface area contributed by atoms with Gasteiger partial charge in [0.05, 0.1) is 22.1 Å². The number of aliphatic imine (C=N–C) groups is 1. The molecular formula is C49H35N5. The lowest BCUT2D eigenvalue weighted by molar-refractivity contribution is 0.409. The van der Waals surface area contributed by atoms with Crippen LogP contribution >= 0.6 is 0 Å². The smallest absolute Gasteiger partial charge is 0.131 e. The fourth-order valence-electron chi connectivity index (χ4n) is 8.41. The average molecular weight is 694 g/mol. The Balaban J connectivity index is 1.05. The van der Waals surface area contributed by atoms with Crippen LogP contribution in [0.2, 0.25) is 0 Å². The molecule has 2 N–H and O–H groups in total. The molecule has 256 valence electrons. The predicted octanol–water partition coefficient (Wildman–Crippen LogP) is 11.4. The van der Waals surface area contributed by atoms with E-state index in [1.165, 1.54) is 59.9 Å². The number of rotatable bonds is 5. The summed E-state index contributed by atoms with van der Waals surface area (Å²) in [4.78, 5) is 5.19. The zero-order valence-electron chi connectivity index (χ0n) is 29.4. The molecule has 0 bridgehead atoms. The topological polar surface area (TPSA) is 46.3 Å². The lowest BCUT2D eigenvalue weighted by Gasteiger charge is -2.32. The number of nitrogens with one attached hydrogen (secondary N) is 2. The molecule has 0 amide bonds. The quantitative estimate of drug-likeness (QED) is 0.188. The van der Waals surface area contributed by atoms with E-state index in [4.69, 9.17) is 4.99 Å². The lowest BCUT2D eigenvalue weighted by Crippen LogP contribution is -2.44. The van der Waals surface area contributed by atoms with Crippen molar-refractivity contribution in [2.75, 3.05) is 0 Å². The van der Waals surface area contributed by atoms with Crippen molar-refractivity contribution in [1.82, 2.24) is 19.8 Å². The van der Waals surface area contributed by atoms with Gasteiger partial charge < -0.3 is 14.5 Å². The number of fused-ring (bicyclic) bond motifs is 7. The van der Waals surface area contributed by atoms with Gasteiger partial charge in [-0.05, 0) is 76.5 Å². The maximum atomic E-state index is 5.19. The van der Waals surface area contributed by atoms with Crippen molar-refractivity contribution in [3.05, 3.63) is 205 Å². The highest BCUT2D eigenvalue weighted by molar-refractivity contribution is 6.19. The van der Waals surface area contributed by atoms with Gasteiger partial charge in [-0.2, -0.15) is 0 Å². The van der Waals surface area contributed by atoms with Crippen LogP contribution in [-0.2, 0) is 0 Å². The van der Waals surface area contributed by atoms with Gasteiger partial charge in [0.25, 0.3) is 0 Å². The van der Waals surface area contributed by atoms with Crippen LogP contribution in [0.4, 0.5) is 0 Å². The van der Waals surface area contributed by atoms with Crippen LogP contribution in [0.3, 0.4) is 0 Å². The Morgan fingerprint density at radius 3 is 1.69 bits per heavy atom. The minimum atomic E-state index is -0.216. The van der Waals surface area contributed by atoms with Gasteiger partial charge in [0, 0.05) is 38.5 Å². The molecule has 8 aromatic carbocycles. The van der Waals surface area contributed by atoms with Crippen molar-refractivity contribution in [3.63, 3.8) is 0 Å². The van der Waals surface area contributed by atoms with E-state index in [1.54, 1.807) is 0 Å². The first-order chi connectivity index (χ1) is 26.8. The second-order valence-electron chi connectivity index (χ2n) is 14.1. The largest absolute Gasteiger partial charge is 0.350 e. The van der Waals surface area contributed by atoms with E-state index in [0.29, 0.717) is 0 Å². The van der Waals surface area contributed by atoms with Crippen LogP contribution in [0.1, 0.15) is 29.0 Å². The predicted molar refractivity (Wildman–Crippen MR) is 224 cm³/mol. The van der Waals surface area contributed by atoms with Gasteiger partial charge in [-0.25, -0.2) is 4.99 Å². The van der Waals surface area contributed by atoms with Gasteiger partial charge in [-0.3, -0.25) is 5.32 Å². The first kappa shape index (κ1) is 30.7. The number of hydrogen-bond donors (Lipinski definition) is 2. The highest BCUT2D eigenvalue weighted by atomic mass is 15.3. The fraction of sp³-hybridized carbons (Fsp3) is 0.0408. The molecule has 0 aliphatic carbocycles. The Bertz CT molecular complexity index is 3050. The van der Waals surface area contributed by atoms with Gasteiger partial charge in [-0.1, -0.05) is 133 Å². The molecule has 54 heavy (non-hydrogen) atoms. The van der Waals surface area contributed by atoms with Gasteiger partial charge in [-0.15, -0.1) is 0 Å². The van der Waals surface area contributed by atoms with E-state index in [-0.39, 0.29) is 12.3 Å². The molecule has 0 saturated carbocycles. The molecule has 5 heteroatoms. The van der Waals surface area contributed by atoms with Crippen molar-refractivity contribution < 1.29 is 0 Å². The minimum Gasteiger partial charge on any atom is -0.350 e. The van der Waals surface area contributed by atoms with E-state index in [1.807, 2.05) is 6.07 Å². The van der Waals surface area contributed by atoms with Gasteiger partial charge in [0.1, 0.15) is 18.2 Å². The van der Waals surface area contributed by atoms with Gasteiger partial charge in [0.15, 0.2) is 0 Å². The number of hydrogen-bond acceptors (Lipinski definition) is 3.